The molecule has 0 fully saturated rings. The molecular weight excluding hydrogens is 320 g/mol. The van der Waals surface area contributed by atoms with Crippen molar-refractivity contribution in [1.29, 1.82) is 0 Å². The summed E-state index contributed by atoms with van der Waals surface area (Å²) < 4.78 is 0.973. The molecule has 0 unspecified atom stereocenters. The van der Waals surface area contributed by atoms with Gasteiger partial charge in [0.2, 0.25) is 5.91 Å². The third-order valence-corrected chi connectivity index (χ3v) is 3.90. The number of hydrogen-bond donors (Lipinski definition) is 0. The van der Waals surface area contributed by atoms with Crippen LogP contribution >= 0.6 is 15.9 Å². The quantitative estimate of drug-likeness (QED) is 0.826. The fourth-order valence-electron chi connectivity index (χ4n) is 1.79. The van der Waals surface area contributed by atoms with Crippen molar-refractivity contribution >= 4 is 27.7 Å². The number of aryl methyl sites for hydroxylation is 1. The van der Waals surface area contributed by atoms with Crippen molar-refractivity contribution < 1.29 is 9.59 Å². The Morgan fingerprint density at radius 3 is 2.40 bits per heavy atom. The molecule has 4 nitrogen and oxygen atoms in total. The summed E-state index contributed by atoms with van der Waals surface area (Å²) in [5, 5.41) is 0. The van der Waals surface area contributed by atoms with Crippen LogP contribution in [0.25, 0.3) is 0 Å². The molecule has 20 heavy (non-hydrogen) atoms. The summed E-state index contributed by atoms with van der Waals surface area (Å²) in [6, 6.07) is 5.48. The second-order valence-corrected chi connectivity index (χ2v) is 5.83. The Labute approximate surface area is 128 Å². The number of benzene rings is 1. The summed E-state index contributed by atoms with van der Waals surface area (Å²) in [5.41, 5.74) is 1.62. The number of nitrogens with zero attached hydrogens (tertiary/aromatic N) is 2. The smallest absolute Gasteiger partial charge is 0.254 e. The standard InChI is InChI=1S/C15H21BrN2O2/c1-5-8-18(10-14(19)17(3)4)15(20)12-6-7-13(16)11(2)9-12/h6-7,9H,5,8,10H2,1-4H3. The molecule has 0 aliphatic rings. The zero-order chi connectivity index (χ0) is 15.3. The number of halogens is 1. The highest BCUT2D eigenvalue weighted by Crippen LogP contribution is 2.18. The molecule has 0 aliphatic carbocycles. The van der Waals surface area contributed by atoms with Crippen LogP contribution in [-0.2, 0) is 4.79 Å². The van der Waals surface area contributed by atoms with Gasteiger partial charge in [-0.1, -0.05) is 22.9 Å². The minimum Gasteiger partial charge on any atom is -0.347 e. The fourth-order valence-corrected chi connectivity index (χ4v) is 2.03. The first kappa shape index (κ1) is 16.7. The minimum absolute atomic E-state index is 0.0689. The molecule has 0 heterocycles. The molecule has 110 valence electrons. The molecule has 1 aromatic rings. The molecule has 5 heteroatoms. The summed E-state index contributed by atoms with van der Waals surface area (Å²) in [5.74, 6) is -0.168. The van der Waals surface area contributed by atoms with Gasteiger partial charge in [-0.05, 0) is 37.1 Å². The van der Waals surface area contributed by atoms with Crippen LogP contribution in [0.2, 0.25) is 0 Å². The number of carbonyl (C=O) groups excluding carboxylic acids is 2. The predicted octanol–water partition coefficient (Wildman–Crippen LogP) is 2.70. The maximum atomic E-state index is 12.5. The molecule has 0 radical (unpaired) electrons. The van der Waals surface area contributed by atoms with Crippen LogP contribution in [0.3, 0.4) is 0 Å². The van der Waals surface area contributed by atoms with E-state index >= 15 is 0 Å². The van der Waals surface area contributed by atoms with E-state index in [-0.39, 0.29) is 18.4 Å². The van der Waals surface area contributed by atoms with E-state index in [0.717, 1.165) is 16.5 Å². The molecule has 0 N–H and O–H groups in total. The Hall–Kier alpha value is -1.36. The number of likely N-dealkylation sites (N-methyl/N-ethyl adjacent to an activating group) is 1. The van der Waals surface area contributed by atoms with Crippen LogP contribution in [0.4, 0.5) is 0 Å². The topological polar surface area (TPSA) is 40.6 Å². The largest absolute Gasteiger partial charge is 0.347 e. The summed E-state index contributed by atoms with van der Waals surface area (Å²) in [6.07, 6.45) is 0.821. The van der Waals surface area contributed by atoms with Gasteiger partial charge in [-0.2, -0.15) is 0 Å². The zero-order valence-electron chi connectivity index (χ0n) is 12.4. The van der Waals surface area contributed by atoms with Crippen LogP contribution in [0.5, 0.6) is 0 Å². The van der Waals surface area contributed by atoms with Gasteiger partial charge in [0, 0.05) is 30.7 Å². The van der Waals surface area contributed by atoms with E-state index < -0.39 is 0 Å². The lowest BCUT2D eigenvalue weighted by molar-refractivity contribution is -0.129. The zero-order valence-corrected chi connectivity index (χ0v) is 14.0. The lowest BCUT2D eigenvalue weighted by Crippen LogP contribution is -2.40. The van der Waals surface area contributed by atoms with Crippen LogP contribution in [0.1, 0.15) is 29.3 Å². The van der Waals surface area contributed by atoms with Gasteiger partial charge in [-0.15, -0.1) is 0 Å². The normalized spacial score (nSPS) is 10.2. The average molecular weight is 341 g/mol. The average Bonchev–Trinajstić information content (AvgIpc) is 2.40. The Bertz CT molecular complexity index is 501. The highest BCUT2D eigenvalue weighted by Gasteiger charge is 2.19. The van der Waals surface area contributed by atoms with Gasteiger partial charge in [0.25, 0.3) is 5.91 Å². The third-order valence-electron chi connectivity index (χ3n) is 3.01. The van der Waals surface area contributed by atoms with E-state index in [1.807, 2.05) is 26.0 Å². The summed E-state index contributed by atoms with van der Waals surface area (Å²) in [6.45, 7) is 4.63. The second kappa shape index (κ2) is 7.43. The molecule has 0 spiro atoms. The first-order valence-corrected chi connectivity index (χ1v) is 7.41. The molecule has 0 saturated heterocycles. The highest BCUT2D eigenvalue weighted by atomic mass is 79.9. The monoisotopic (exact) mass is 340 g/mol. The maximum Gasteiger partial charge on any atom is 0.254 e. The van der Waals surface area contributed by atoms with E-state index in [1.165, 1.54) is 4.90 Å². The molecule has 0 aromatic heterocycles. The van der Waals surface area contributed by atoms with Crippen molar-refractivity contribution in [3.05, 3.63) is 33.8 Å². The Morgan fingerprint density at radius 1 is 1.25 bits per heavy atom. The summed E-state index contributed by atoms with van der Waals surface area (Å²) in [7, 11) is 3.39. The van der Waals surface area contributed by atoms with Gasteiger partial charge in [0.15, 0.2) is 0 Å². The fraction of sp³-hybridized carbons (Fsp3) is 0.467. The Morgan fingerprint density at radius 2 is 1.90 bits per heavy atom. The second-order valence-electron chi connectivity index (χ2n) is 4.98. The lowest BCUT2D eigenvalue weighted by atomic mass is 10.1. The van der Waals surface area contributed by atoms with Gasteiger partial charge in [0.1, 0.15) is 6.54 Å². The van der Waals surface area contributed by atoms with E-state index in [2.05, 4.69) is 15.9 Å². The maximum absolute atomic E-state index is 12.5. The first-order chi connectivity index (χ1) is 9.36. The van der Waals surface area contributed by atoms with Crippen LogP contribution in [-0.4, -0.2) is 48.8 Å². The first-order valence-electron chi connectivity index (χ1n) is 6.62. The molecule has 0 saturated carbocycles. The number of carbonyl (C=O) groups is 2. The highest BCUT2D eigenvalue weighted by molar-refractivity contribution is 9.10. The van der Waals surface area contributed by atoms with Gasteiger partial charge < -0.3 is 9.80 Å². The van der Waals surface area contributed by atoms with E-state index in [9.17, 15) is 9.59 Å². The van der Waals surface area contributed by atoms with E-state index in [1.54, 1.807) is 25.1 Å². The molecule has 2 amide bonds. The third kappa shape index (κ3) is 4.34. The lowest BCUT2D eigenvalue weighted by Gasteiger charge is -2.23. The molecule has 1 rings (SSSR count). The Kier molecular flexibility index (Phi) is 6.20. The van der Waals surface area contributed by atoms with Crippen molar-refractivity contribution in [3.63, 3.8) is 0 Å². The number of rotatable bonds is 5. The van der Waals surface area contributed by atoms with Gasteiger partial charge in [-0.25, -0.2) is 0 Å². The summed E-state index contributed by atoms with van der Waals surface area (Å²) >= 11 is 3.42. The van der Waals surface area contributed by atoms with Crippen molar-refractivity contribution in [2.45, 2.75) is 20.3 Å². The molecule has 0 bridgehead atoms. The van der Waals surface area contributed by atoms with Crippen molar-refractivity contribution in [1.82, 2.24) is 9.80 Å². The minimum atomic E-state index is -0.0994. The van der Waals surface area contributed by atoms with E-state index in [0.29, 0.717) is 12.1 Å². The van der Waals surface area contributed by atoms with Crippen LogP contribution in [0, 0.1) is 6.92 Å². The van der Waals surface area contributed by atoms with Gasteiger partial charge in [-0.3, -0.25) is 9.59 Å². The molecular formula is C15H21BrN2O2. The van der Waals surface area contributed by atoms with Gasteiger partial charge in [0.05, 0.1) is 0 Å². The van der Waals surface area contributed by atoms with Gasteiger partial charge >= 0.3 is 0 Å². The summed E-state index contributed by atoms with van der Waals surface area (Å²) in [4.78, 5) is 27.4. The van der Waals surface area contributed by atoms with Crippen LogP contribution in [0.15, 0.2) is 22.7 Å². The Balaban J connectivity index is 2.92. The molecule has 1 aromatic carbocycles. The number of hydrogen-bond acceptors (Lipinski definition) is 2. The van der Waals surface area contributed by atoms with Crippen molar-refractivity contribution in [2.75, 3.05) is 27.2 Å². The number of amides is 2. The van der Waals surface area contributed by atoms with Crippen molar-refractivity contribution in [3.8, 4) is 0 Å². The SMILES string of the molecule is CCCN(CC(=O)N(C)C)C(=O)c1ccc(Br)c(C)c1. The molecule has 0 atom stereocenters. The van der Waals surface area contributed by atoms with Crippen LogP contribution < -0.4 is 0 Å². The van der Waals surface area contributed by atoms with Crippen molar-refractivity contribution in [2.24, 2.45) is 0 Å². The molecule has 0 aliphatic heterocycles. The predicted molar refractivity (Wildman–Crippen MR) is 83.8 cm³/mol. The van der Waals surface area contributed by atoms with E-state index in [4.69, 9.17) is 0 Å².